The van der Waals surface area contributed by atoms with Crippen LogP contribution < -0.4 is 14.8 Å². The van der Waals surface area contributed by atoms with E-state index in [1.807, 2.05) is 6.92 Å². The van der Waals surface area contributed by atoms with Crippen molar-refractivity contribution in [3.05, 3.63) is 111 Å². The van der Waals surface area contributed by atoms with Gasteiger partial charge in [-0.2, -0.15) is 0 Å². The van der Waals surface area contributed by atoms with Gasteiger partial charge in [0.05, 0.1) is 15.6 Å². The summed E-state index contributed by atoms with van der Waals surface area (Å²) in [6, 6.07) is 20.3. The molecule has 4 aromatic carbocycles. The van der Waals surface area contributed by atoms with E-state index in [-0.39, 0.29) is 41.8 Å². The van der Waals surface area contributed by atoms with Crippen LogP contribution in [0.25, 0.3) is 0 Å². The molecule has 13 heteroatoms. The molecule has 4 aromatic rings. The molecule has 0 aromatic heterocycles. The van der Waals surface area contributed by atoms with Crippen LogP contribution in [0.2, 0.25) is 15.1 Å². The number of halogens is 3. The average Bonchev–Trinajstić information content (AvgIpc) is 2.85. The van der Waals surface area contributed by atoms with Crippen molar-refractivity contribution < 1.29 is 21.6 Å². The van der Waals surface area contributed by atoms with Crippen LogP contribution in [0.4, 0.5) is 17.1 Å². The first-order valence-corrected chi connectivity index (χ1v) is 15.2. The Bertz CT molecular complexity index is 1740. The molecule has 0 heterocycles. The number of carbonyl (C=O) groups excluding carboxylic acids is 1. The van der Waals surface area contributed by atoms with E-state index in [1.54, 1.807) is 24.3 Å². The van der Waals surface area contributed by atoms with E-state index in [1.165, 1.54) is 54.6 Å². The molecule has 0 unspecified atom stereocenters. The topological polar surface area (TPSA) is 121 Å². The fraction of sp³-hybridized carbons (Fsp3) is 0.0385. The summed E-state index contributed by atoms with van der Waals surface area (Å²) in [5.41, 5.74) is 1.80. The van der Waals surface area contributed by atoms with Crippen molar-refractivity contribution in [1.29, 1.82) is 0 Å². The maximum atomic E-state index is 12.9. The molecule has 0 radical (unpaired) electrons. The quantitative estimate of drug-likeness (QED) is 0.199. The lowest BCUT2D eigenvalue weighted by atomic mass is 10.2. The highest BCUT2D eigenvalue weighted by Gasteiger charge is 2.21. The first-order chi connectivity index (χ1) is 18.3. The number of hydrogen-bond donors (Lipinski definition) is 3. The number of sulfonamides is 2. The third-order valence-electron chi connectivity index (χ3n) is 5.32. The molecule has 0 fully saturated rings. The SMILES string of the molecule is Cc1ccc(NS(=O)(=O)c2cc(C(=O)Nc3ccc(S(=O)(=O)Nc4cc(Cl)cc(Cl)c4)cc3)ccc2Cl)cc1. The Labute approximate surface area is 241 Å². The Morgan fingerprint density at radius 3 is 1.82 bits per heavy atom. The second-order valence-electron chi connectivity index (χ2n) is 8.36. The van der Waals surface area contributed by atoms with E-state index in [0.717, 1.165) is 11.6 Å². The lowest BCUT2D eigenvalue weighted by molar-refractivity contribution is 0.102. The zero-order chi connectivity index (χ0) is 28.4. The van der Waals surface area contributed by atoms with Gasteiger partial charge in [0.1, 0.15) is 4.90 Å². The first kappa shape index (κ1) is 28.7. The third kappa shape index (κ3) is 7.23. The first-order valence-electron chi connectivity index (χ1n) is 11.1. The lowest BCUT2D eigenvalue weighted by Gasteiger charge is -2.12. The number of benzene rings is 4. The maximum Gasteiger partial charge on any atom is 0.263 e. The molecule has 3 N–H and O–H groups in total. The molecular weight excluding hydrogens is 605 g/mol. The summed E-state index contributed by atoms with van der Waals surface area (Å²) in [5, 5.41) is 3.08. The van der Waals surface area contributed by atoms with Crippen molar-refractivity contribution in [1.82, 2.24) is 0 Å². The number of anilines is 3. The second kappa shape index (κ2) is 11.4. The zero-order valence-corrected chi connectivity index (χ0v) is 24.0. The van der Waals surface area contributed by atoms with Crippen molar-refractivity contribution in [2.75, 3.05) is 14.8 Å². The average molecular weight is 625 g/mol. The summed E-state index contributed by atoms with van der Waals surface area (Å²) in [6.07, 6.45) is 0. The number of amides is 1. The molecule has 0 aliphatic carbocycles. The molecule has 0 bridgehead atoms. The molecule has 1 amide bonds. The largest absolute Gasteiger partial charge is 0.322 e. The van der Waals surface area contributed by atoms with Crippen molar-refractivity contribution in [2.45, 2.75) is 16.7 Å². The van der Waals surface area contributed by atoms with Crippen molar-refractivity contribution in [3.8, 4) is 0 Å². The molecule has 0 saturated carbocycles. The van der Waals surface area contributed by atoms with Gasteiger partial charge in [0.25, 0.3) is 26.0 Å². The van der Waals surface area contributed by atoms with Gasteiger partial charge in [-0.1, -0.05) is 52.5 Å². The second-order valence-corrected chi connectivity index (χ2v) is 13.0. The van der Waals surface area contributed by atoms with Crippen LogP contribution in [0.5, 0.6) is 0 Å². The molecule has 0 spiro atoms. The third-order valence-corrected chi connectivity index (χ3v) is 9.02. The Morgan fingerprint density at radius 2 is 1.21 bits per heavy atom. The number of hydrogen-bond acceptors (Lipinski definition) is 5. The maximum absolute atomic E-state index is 12.9. The highest BCUT2D eigenvalue weighted by molar-refractivity contribution is 7.93. The predicted molar refractivity (Wildman–Crippen MR) is 155 cm³/mol. The molecule has 0 saturated heterocycles. The summed E-state index contributed by atoms with van der Waals surface area (Å²) in [4.78, 5) is 12.5. The summed E-state index contributed by atoms with van der Waals surface area (Å²) >= 11 is 18.0. The highest BCUT2D eigenvalue weighted by atomic mass is 35.5. The van der Waals surface area contributed by atoms with E-state index in [2.05, 4.69) is 14.8 Å². The van der Waals surface area contributed by atoms with E-state index >= 15 is 0 Å². The molecule has 0 atom stereocenters. The van der Waals surface area contributed by atoms with E-state index < -0.39 is 26.0 Å². The fourth-order valence-corrected chi connectivity index (χ4v) is 6.58. The number of rotatable bonds is 8. The van der Waals surface area contributed by atoms with Gasteiger partial charge >= 0.3 is 0 Å². The minimum atomic E-state index is -4.09. The standard InChI is InChI=1S/C26H20Cl3N3O5S2/c1-16-2-5-21(6-3-16)31-39(36,37)25-12-17(4-11-24(25)29)26(33)30-20-7-9-23(10-8-20)38(34,35)32-22-14-18(27)13-19(28)15-22/h2-15,31-32H,1H3,(H,30,33). The number of carbonyl (C=O) groups is 1. The summed E-state index contributed by atoms with van der Waals surface area (Å²) < 4.78 is 56.2. The predicted octanol–water partition coefficient (Wildman–Crippen LogP) is 6.81. The van der Waals surface area contributed by atoms with Crippen molar-refractivity contribution in [3.63, 3.8) is 0 Å². The van der Waals surface area contributed by atoms with Crippen LogP contribution in [0, 0.1) is 6.92 Å². The highest BCUT2D eigenvalue weighted by Crippen LogP contribution is 2.27. The van der Waals surface area contributed by atoms with Crippen LogP contribution in [0.15, 0.2) is 94.7 Å². The summed E-state index contributed by atoms with van der Waals surface area (Å²) in [6.45, 7) is 1.87. The van der Waals surface area contributed by atoms with E-state index in [0.29, 0.717) is 5.69 Å². The Morgan fingerprint density at radius 1 is 0.641 bits per heavy atom. The van der Waals surface area contributed by atoms with E-state index in [4.69, 9.17) is 34.8 Å². The van der Waals surface area contributed by atoms with Crippen LogP contribution in [-0.4, -0.2) is 22.7 Å². The van der Waals surface area contributed by atoms with E-state index in [9.17, 15) is 21.6 Å². The van der Waals surface area contributed by atoms with Crippen molar-refractivity contribution in [2.24, 2.45) is 0 Å². The molecule has 0 aliphatic rings. The van der Waals surface area contributed by atoms with Gasteiger partial charge < -0.3 is 5.32 Å². The lowest BCUT2D eigenvalue weighted by Crippen LogP contribution is -2.17. The van der Waals surface area contributed by atoms with Gasteiger partial charge in [-0.15, -0.1) is 0 Å². The molecule has 4 rings (SSSR count). The van der Waals surface area contributed by atoms with Gasteiger partial charge in [-0.05, 0) is 79.7 Å². The summed E-state index contributed by atoms with van der Waals surface area (Å²) in [7, 11) is -8.06. The monoisotopic (exact) mass is 623 g/mol. The Balaban J connectivity index is 1.49. The molecule has 202 valence electrons. The van der Waals surface area contributed by atoms with Crippen LogP contribution in [0.1, 0.15) is 15.9 Å². The van der Waals surface area contributed by atoms with Crippen molar-refractivity contribution >= 4 is 77.8 Å². The molecular formula is C26H20Cl3N3O5S2. The Hall–Kier alpha value is -3.28. The van der Waals surface area contributed by atoms with Crippen LogP contribution in [0.3, 0.4) is 0 Å². The minimum absolute atomic E-state index is 0.0277. The Kier molecular flexibility index (Phi) is 8.43. The number of nitrogens with one attached hydrogen (secondary N) is 3. The molecule has 39 heavy (non-hydrogen) atoms. The molecule has 8 nitrogen and oxygen atoms in total. The smallest absolute Gasteiger partial charge is 0.263 e. The zero-order valence-electron chi connectivity index (χ0n) is 20.1. The van der Waals surface area contributed by atoms with Gasteiger partial charge in [0, 0.05) is 27.0 Å². The van der Waals surface area contributed by atoms with Gasteiger partial charge in [0.15, 0.2) is 0 Å². The number of aryl methyl sites for hydroxylation is 1. The minimum Gasteiger partial charge on any atom is -0.322 e. The van der Waals surface area contributed by atoms with Crippen LogP contribution in [-0.2, 0) is 20.0 Å². The van der Waals surface area contributed by atoms with Gasteiger partial charge in [-0.3, -0.25) is 14.2 Å². The normalized spacial score (nSPS) is 11.6. The van der Waals surface area contributed by atoms with Gasteiger partial charge in [-0.25, -0.2) is 16.8 Å². The molecule has 0 aliphatic heterocycles. The van der Waals surface area contributed by atoms with Crippen LogP contribution >= 0.6 is 34.8 Å². The summed E-state index contributed by atoms with van der Waals surface area (Å²) in [5.74, 6) is -0.624. The fourth-order valence-electron chi connectivity index (χ4n) is 3.43. The van der Waals surface area contributed by atoms with Gasteiger partial charge in [0.2, 0.25) is 0 Å².